The Kier molecular flexibility index (Phi) is 4.85. The number of guanidine groups is 1. The van der Waals surface area contributed by atoms with Crippen LogP contribution in [0.15, 0.2) is 110 Å². The van der Waals surface area contributed by atoms with Gasteiger partial charge in [0.05, 0.1) is 27.1 Å². The Bertz CT molecular complexity index is 2560. The summed E-state index contributed by atoms with van der Waals surface area (Å²) in [5.74, 6) is 1.47. The molecule has 0 N–H and O–H groups in total. The summed E-state index contributed by atoms with van der Waals surface area (Å²) in [5.41, 5.74) is 13.7. The first-order chi connectivity index (χ1) is 21.3. The predicted molar refractivity (Wildman–Crippen MR) is 175 cm³/mol. The normalized spacial score (nSPS) is 16.8. The Morgan fingerprint density at radius 1 is 0.591 bits per heavy atom. The highest BCUT2D eigenvalue weighted by Crippen LogP contribution is 2.33. The van der Waals surface area contributed by atoms with E-state index in [2.05, 4.69) is 92.9 Å². The van der Waals surface area contributed by atoms with Gasteiger partial charge in [-0.3, -0.25) is 9.13 Å². The number of fused-ring (bicyclic) bond motifs is 6. The molecular formula is C36H24FN7. The van der Waals surface area contributed by atoms with Crippen LogP contribution in [0.25, 0.3) is 44.5 Å². The number of aryl methyl sites for hydroxylation is 3. The molecule has 0 atom stereocenters. The average Bonchev–Trinajstić information content (AvgIpc) is 3.46. The Morgan fingerprint density at radius 2 is 1.18 bits per heavy atom. The van der Waals surface area contributed by atoms with Crippen LogP contribution in [0.4, 0.5) is 4.39 Å². The van der Waals surface area contributed by atoms with Gasteiger partial charge in [0, 0.05) is 33.9 Å². The summed E-state index contributed by atoms with van der Waals surface area (Å²) < 4.78 is 19.3. The molecule has 0 radical (unpaired) electrons. The van der Waals surface area contributed by atoms with Crippen molar-refractivity contribution in [3.05, 3.63) is 117 Å². The minimum Gasteiger partial charge on any atom is -0.278 e. The van der Waals surface area contributed by atoms with Crippen LogP contribution < -0.4 is 10.6 Å². The Labute approximate surface area is 251 Å². The van der Waals surface area contributed by atoms with Gasteiger partial charge in [0.15, 0.2) is 0 Å². The van der Waals surface area contributed by atoms with Crippen LogP contribution >= 0.6 is 0 Å². The summed E-state index contributed by atoms with van der Waals surface area (Å²) in [4.78, 5) is 21.5. The van der Waals surface area contributed by atoms with Gasteiger partial charge in [-0.15, -0.1) is 0 Å². The molecule has 44 heavy (non-hydrogen) atoms. The smallest absolute Gasteiger partial charge is 0.243 e. The summed E-state index contributed by atoms with van der Waals surface area (Å²) in [6.45, 7) is 8.17. The number of aliphatic imine (C=N–C) groups is 4. The monoisotopic (exact) mass is 573 g/mol. The van der Waals surface area contributed by atoms with E-state index in [0.29, 0.717) is 29.5 Å². The van der Waals surface area contributed by atoms with Gasteiger partial charge >= 0.3 is 0 Å². The standard InChI is InChI=1S/C36H24FN7/c1-19-5-9-24-25-10-6-20(2)14-29(25)42(28(24)13-19)34-38-32-17-23(37)18-33-39-35(41-36(40-34)44(32)33)43-30-15-21(3)7-11-26(30)27-12-8-22(4)16-31(27)43/h5-7,9-11,13-18H,1-4H3. The SMILES string of the molecule is CC1=C=C=c2c(n(C3=NC4=NC(n5c6cc(C)ccc6c6ccc(C)cc65)=NC5=CC(F)=CC(=N3)N54)c3cc(C)ccc23)=C1. The number of nitrogens with zero attached hydrogens (tertiary/aromatic N) is 7. The van der Waals surface area contributed by atoms with Crippen LogP contribution in [0.2, 0.25) is 0 Å². The maximum atomic E-state index is 15.2. The molecule has 3 aromatic carbocycles. The zero-order valence-corrected chi connectivity index (χ0v) is 24.4. The number of halogens is 1. The fourth-order valence-corrected chi connectivity index (χ4v) is 6.42. The highest BCUT2D eigenvalue weighted by atomic mass is 19.1. The Balaban J connectivity index is 1.34. The molecule has 5 aromatic rings. The van der Waals surface area contributed by atoms with E-state index in [9.17, 15) is 0 Å². The largest absolute Gasteiger partial charge is 0.278 e. The van der Waals surface area contributed by atoms with Crippen molar-refractivity contribution >= 4 is 68.2 Å². The molecule has 0 unspecified atom stereocenters. The Morgan fingerprint density at radius 3 is 1.86 bits per heavy atom. The van der Waals surface area contributed by atoms with Crippen molar-refractivity contribution in [1.82, 2.24) is 14.0 Å². The second-order valence-corrected chi connectivity index (χ2v) is 11.6. The van der Waals surface area contributed by atoms with E-state index >= 15 is 4.39 Å². The van der Waals surface area contributed by atoms with Gasteiger partial charge in [-0.2, -0.15) is 20.0 Å². The summed E-state index contributed by atoms with van der Waals surface area (Å²) >= 11 is 0. The quantitative estimate of drug-likeness (QED) is 0.215. The van der Waals surface area contributed by atoms with Gasteiger partial charge in [0.2, 0.25) is 17.9 Å². The molecule has 0 saturated carbocycles. The number of amidine groups is 1. The topological polar surface area (TPSA) is 62.5 Å². The zero-order chi connectivity index (χ0) is 29.9. The third-order valence-electron chi connectivity index (χ3n) is 8.40. The third-order valence-corrected chi connectivity index (χ3v) is 8.40. The molecule has 0 amide bonds. The maximum Gasteiger partial charge on any atom is 0.243 e. The zero-order valence-electron chi connectivity index (χ0n) is 24.4. The van der Waals surface area contributed by atoms with Crippen molar-refractivity contribution in [3.63, 3.8) is 0 Å². The summed E-state index contributed by atoms with van der Waals surface area (Å²) in [6.07, 6.45) is 4.85. The second-order valence-electron chi connectivity index (χ2n) is 11.6. The summed E-state index contributed by atoms with van der Waals surface area (Å²) in [7, 11) is 0. The molecule has 2 aromatic heterocycles. The Hall–Kier alpha value is -5.81. The van der Waals surface area contributed by atoms with Crippen molar-refractivity contribution < 1.29 is 4.39 Å². The molecule has 0 saturated heterocycles. The fraction of sp³-hybridized carbons (Fsp3) is 0.111. The molecule has 4 aliphatic rings. The van der Waals surface area contributed by atoms with Crippen LogP contribution in [0, 0.1) is 20.8 Å². The predicted octanol–water partition coefficient (Wildman–Crippen LogP) is 5.85. The third kappa shape index (κ3) is 3.44. The first-order valence-electron chi connectivity index (χ1n) is 14.4. The van der Waals surface area contributed by atoms with E-state index in [1.54, 1.807) is 4.90 Å². The summed E-state index contributed by atoms with van der Waals surface area (Å²) in [5, 5.41) is 5.03. The van der Waals surface area contributed by atoms with Crippen molar-refractivity contribution in [2.24, 2.45) is 20.0 Å². The molecule has 7 nitrogen and oxygen atoms in total. The van der Waals surface area contributed by atoms with Gasteiger partial charge in [-0.1, -0.05) is 47.9 Å². The van der Waals surface area contributed by atoms with E-state index in [1.165, 1.54) is 12.2 Å². The highest BCUT2D eigenvalue weighted by Gasteiger charge is 2.34. The number of rotatable bonds is 0. The molecular weight excluding hydrogens is 549 g/mol. The van der Waals surface area contributed by atoms with E-state index in [1.807, 2.05) is 16.1 Å². The molecule has 0 fully saturated rings. The lowest BCUT2D eigenvalue weighted by molar-refractivity contribution is 0.629. The maximum absolute atomic E-state index is 15.2. The molecule has 210 valence electrons. The van der Waals surface area contributed by atoms with Crippen LogP contribution in [-0.4, -0.2) is 37.7 Å². The van der Waals surface area contributed by atoms with Crippen LogP contribution in [0.1, 0.15) is 23.6 Å². The van der Waals surface area contributed by atoms with E-state index < -0.39 is 5.83 Å². The van der Waals surface area contributed by atoms with Crippen molar-refractivity contribution in [1.29, 1.82) is 0 Å². The lowest BCUT2D eigenvalue weighted by Crippen LogP contribution is -2.45. The molecule has 8 heteroatoms. The van der Waals surface area contributed by atoms with Gasteiger partial charge in [0.25, 0.3) is 0 Å². The van der Waals surface area contributed by atoms with Gasteiger partial charge in [-0.25, -0.2) is 9.29 Å². The molecule has 1 aliphatic carbocycles. The van der Waals surface area contributed by atoms with E-state index in [0.717, 1.165) is 65.5 Å². The highest BCUT2D eigenvalue weighted by molar-refractivity contribution is 6.23. The first-order valence-corrected chi connectivity index (χ1v) is 14.4. The number of benzene rings is 3. The van der Waals surface area contributed by atoms with Gasteiger partial charge in [0.1, 0.15) is 17.5 Å². The van der Waals surface area contributed by atoms with Crippen LogP contribution in [0.5, 0.6) is 0 Å². The molecule has 9 rings (SSSR count). The van der Waals surface area contributed by atoms with Crippen LogP contribution in [0.3, 0.4) is 0 Å². The molecule has 5 heterocycles. The van der Waals surface area contributed by atoms with Crippen molar-refractivity contribution in [2.45, 2.75) is 27.7 Å². The van der Waals surface area contributed by atoms with E-state index in [-0.39, 0.29) is 0 Å². The lowest BCUT2D eigenvalue weighted by atomic mass is 10.1. The molecule has 0 bridgehead atoms. The van der Waals surface area contributed by atoms with Gasteiger partial charge < -0.3 is 0 Å². The number of hydrogen-bond acceptors (Lipinski definition) is 5. The average molecular weight is 574 g/mol. The lowest BCUT2D eigenvalue weighted by Gasteiger charge is -2.31. The van der Waals surface area contributed by atoms with Crippen molar-refractivity contribution in [3.8, 4) is 0 Å². The minimum absolute atomic E-state index is 0.367. The number of aromatic nitrogens is 2. The molecule has 3 aliphatic heterocycles. The number of hydrogen-bond donors (Lipinski definition) is 0. The van der Waals surface area contributed by atoms with E-state index in [4.69, 9.17) is 20.0 Å². The fourth-order valence-electron chi connectivity index (χ4n) is 6.42. The molecule has 0 spiro atoms. The second kappa shape index (κ2) is 8.62. The van der Waals surface area contributed by atoms with Crippen molar-refractivity contribution in [2.75, 3.05) is 0 Å². The minimum atomic E-state index is -0.439. The summed E-state index contributed by atoms with van der Waals surface area (Å²) in [6, 6.07) is 19.0. The first kappa shape index (κ1) is 24.8. The van der Waals surface area contributed by atoms with Crippen LogP contribution in [-0.2, 0) is 0 Å². The number of allylic oxidation sites excluding steroid dienone is 3. The van der Waals surface area contributed by atoms with Gasteiger partial charge in [-0.05, 0) is 68.7 Å².